The van der Waals surface area contributed by atoms with E-state index >= 15 is 0 Å². The van der Waals surface area contributed by atoms with Crippen molar-refractivity contribution >= 4 is 22.9 Å². The molecule has 1 N–H and O–H groups in total. The first-order chi connectivity index (χ1) is 13.5. The molecule has 0 radical (unpaired) electrons. The SMILES string of the molecule is C=CCNC(=O)COC(=O)c1cc(-c2ccccc2)nc2c1cnn2C(C)C. The molecule has 0 bridgehead atoms. The molecule has 144 valence electrons. The van der Waals surface area contributed by atoms with E-state index < -0.39 is 5.97 Å². The Morgan fingerprint density at radius 1 is 1.29 bits per heavy atom. The fourth-order valence-electron chi connectivity index (χ4n) is 2.77. The van der Waals surface area contributed by atoms with Crippen LogP contribution in [0.5, 0.6) is 0 Å². The van der Waals surface area contributed by atoms with Gasteiger partial charge in [0.05, 0.1) is 22.8 Å². The number of amides is 1. The third-order valence-corrected chi connectivity index (χ3v) is 4.12. The molecule has 0 aliphatic heterocycles. The lowest BCUT2D eigenvalue weighted by molar-refractivity contribution is -0.124. The van der Waals surface area contributed by atoms with Crippen molar-refractivity contribution in [2.24, 2.45) is 0 Å². The molecular formula is C21H22N4O3. The summed E-state index contributed by atoms with van der Waals surface area (Å²) in [5.74, 6) is -0.985. The topological polar surface area (TPSA) is 86.1 Å². The van der Waals surface area contributed by atoms with E-state index in [4.69, 9.17) is 9.72 Å². The van der Waals surface area contributed by atoms with Crippen molar-refractivity contribution in [3.63, 3.8) is 0 Å². The minimum Gasteiger partial charge on any atom is -0.452 e. The third-order valence-electron chi connectivity index (χ3n) is 4.12. The van der Waals surface area contributed by atoms with Crippen molar-refractivity contribution in [1.29, 1.82) is 0 Å². The van der Waals surface area contributed by atoms with Crippen LogP contribution in [0.25, 0.3) is 22.3 Å². The number of aromatic nitrogens is 3. The summed E-state index contributed by atoms with van der Waals surface area (Å²) in [6.45, 7) is 7.46. The molecule has 3 rings (SSSR count). The molecule has 7 heteroatoms. The van der Waals surface area contributed by atoms with Crippen molar-refractivity contribution in [3.8, 4) is 11.3 Å². The van der Waals surface area contributed by atoms with Crippen LogP contribution in [0.2, 0.25) is 0 Å². The molecule has 28 heavy (non-hydrogen) atoms. The predicted octanol–water partition coefficient (Wildman–Crippen LogP) is 3.14. The van der Waals surface area contributed by atoms with E-state index in [1.54, 1.807) is 23.0 Å². The fraction of sp³-hybridized carbons (Fsp3) is 0.238. The molecule has 0 saturated heterocycles. The second-order valence-electron chi connectivity index (χ2n) is 6.51. The van der Waals surface area contributed by atoms with Crippen LogP contribution in [0.4, 0.5) is 0 Å². The number of pyridine rings is 1. The van der Waals surface area contributed by atoms with Crippen LogP contribution in [-0.2, 0) is 9.53 Å². The number of fused-ring (bicyclic) bond motifs is 1. The van der Waals surface area contributed by atoms with Crippen LogP contribution in [0.3, 0.4) is 0 Å². The second kappa shape index (κ2) is 8.47. The Kier molecular flexibility index (Phi) is 5.84. The summed E-state index contributed by atoms with van der Waals surface area (Å²) >= 11 is 0. The molecule has 0 unspecified atom stereocenters. The predicted molar refractivity (Wildman–Crippen MR) is 107 cm³/mol. The summed E-state index contributed by atoms with van der Waals surface area (Å²) in [4.78, 5) is 29.1. The van der Waals surface area contributed by atoms with Crippen molar-refractivity contribution < 1.29 is 14.3 Å². The number of esters is 1. The Balaban J connectivity index is 1.99. The smallest absolute Gasteiger partial charge is 0.339 e. The highest BCUT2D eigenvalue weighted by molar-refractivity contribution is 6.04. The van der Waals surface area contributed by atoms with E-state index in [-0.39, 0.29) is 18.6 Å². The number of hydrogen-bond acceptors (Lipinski definition) is 5. The van der Waals surface area contributed by atoms with Crippen LogP contribution in [0.1, 0.15) is 30.2 Å². The minimum absolute atomic E-state index is 0.0737. The van der Waals surface area contributed by atoms with E-state index in [0.29, 0.717) is 28.8 Å². The molecular weight excluding hydrogens is 356 g/mol. The highest BCUT2D eigenvalue weighted by Crippen LogP contribution is 2.26. The number of ether oxygens (including phenoxy) is 1. The summed E-state index contributed by atoms with van der Waals surface area (Å²) in [6, 6.07) is 11.3. The molecule has 3 aromatic rings. The summed E-state index contributed by atoms with van der Waals surface area (Å²) < 4.78 is 6.96. The number of benzene rings is 1. The van der Waals surface area contributed by atoms with Gasteiger partial charge in [-0.25, -0.2) is 14.5 Å². The number of carbonyl (C=O) groups excluding carboxylic acids is 2. The molecule has 1 aromatic carbocycles. The molecule has 0 fully saturated rings. The minimum atomic E-state index is -0.596. The zero-order valence-corrected chi connectivity index (χ0v) is 15.9. The van der Waals surface area contributed by atoms with Gasteiger partial charge in [-0.15, -0.1) is 6.58 Å². The van der Waals surface area contributed by atoms with Crippen LogP contribution in [0, 0.1) is 0 Å². The molecule has 7 nitrogen and oxygen atoms in total. The molecule has 0 spiro atoms. The van der Waals surface area contributed by atoms with Crippen LogP contribution in [-0.4, -0.2) is 39.8 Å². The van der Waals surface area contributed by atoms with Gasteiger partial charge < -0.3 is 10.1 Å². The van der Waals surface area contributed by atoms with Gasteiger partial charge in [0.15, 0.2) is 12.3 Å². The lowest BCUT2D eigenvalue weighted by Gasteiger charge is -2.11. The molecule has 1 amide bonds. The average Bonchev–Trinajstić information content (AvgIpc) is 3.14. The van der Waals surface area contributed by atoms with Crippen LogP contribution < -0.4 is 5.32 Å². The van der Waals surface area contributed by atoms with Gasteiger partial charge in [0.25, 0.3) is 5.91 Å². The van der Waals surface area contributed by atoms with Gasteiger partial charge in [-0.2, -0.15) is 5.10 Å². The van der Waals surface area contributed by atoms with E-state index in [9.17, 15) is 9.59 Å². The van der Waals surface area contributed by atoms with E-state index in [1.807, 2.05) is 44.2 Å². The molecule has 2 heterocycles. The second-order valence-corrected chi connectivity index (χ2v) is 6.51. The third kappa shape index (κ3) is 4.09. The number of nitrogens with zero attached hydrogens (tertiary/aromatic N) is 3. The van der Waals surface area contributed by atoms with E-state index in [1.165, 1.54) is 0 Å². The van der Waals surface area contributed by atoms with Crippen molar-refractivity contribution in [2.75, 3.05) is 13.2 Å². The van der Waals surface area contributed by atoms with Gasteiger partial charge in [-0.1, -0.05) is 36.4 Å². The van der Waals surface area contributed by atoms with Gasteiger partial charge in [0, 0.05) is 18.2 Å². The zero-order chi connectivity index (χ0) is 20.1. The quantitative estimate of drug-likeness (QED) is 0.504. The fourth-order valence-corrected chi connectivity index (χ4v) is 2.77. The first-order valence-electron chi connectivity index (χ1n) is 8.99. The molecule has 0 aliphatic carbocycles. The Hall–Kier alpha value is -3.48. The van der Waals surface area contributed by atoms with Crippen LogP contribution in [0.15, 0.2) is 55.3 Å². The maximum atomic E-state index is 12.7. The molecule has 0 atom stereocenters. The maximum absolute atomic E-state index is 12.7. The van der Waals surface area contributed by atoms with E-state index in [2.05, 4.69) is 17.0 Å². The molecule has 2 aromatic heterocycles. The number of nitrogens with one attached hydrogen (secondary N) is 1. The van der Waals surface area contributed by atoms with Crippen molar-refractivity contribution in [2.45, 2.75) is 19.9 Å². The normalized spacial score (nSPS) is 10.8. The van der Waals surface area contributed by atoms with Gasteiger partial charge in [-0.05, 0) is 19.9 Å². The summed E-state index contributed by atoms with van der Waals surface area (Å²) in [7, 11) is 0. The highest BCUT2D eigenvalue weighted by Gasteiger charge is 2.20. The summed E-state index contributed by atoms with van der Waals surface area (Å²) in [5.41, 5.74) is 2.43. The molecule has 0 saturated carbocycles. The molecule has 0 aliphatic rings. The summed E-state index contributed by atoms with van der Waals surface area (Å²) in [5, 5.41) is 7.52. The van der Waals surface area contributed by atoms with Crippen LogP contribution >= 0.6 is 0 Å². The van der Waals surface area contributed by atoms with Gasteiger partial charge in [0.1, 0.15) is 0 Å². The van der Waals surface area contributed by atoms with Gasteiger partial charge in [0.2, 0.25) is 0 Å². The van der Waals surface area contributed by atoms with Gasteiger partial charge in [-0.3, -0.25) is 4.79 Å². The standard InChI is InChI=1S/C21H22N4O3/c1-4-10-22-19(26)13-28-21(27)16-11-18(15-8-6-5-7-9-15)24-20-17(16)12-23-25(20)14(2)3/h4-9,11-12,14H,1,10,13H2,2-3H3,(H,22,26). The Bertz CT molecular complexity index is 1010. The maximum Gasteiger partial charge on any atom is 0.339 e. The number of rotatable bonds is 7. The van der Waals surface area contributed by atoms with Crippen molar-refractivity contribution in [1.82, 2.24) is 20.1 Å². The largest absolute Gasteiger partial charge is 0.452 e. The van der Waals surface area contributed by atoms with E-state index in [0.717, 1.165) is 5.56 Å². The van der Waals surface area contributed by atoms with Gasteiger partial charge >= 0.3 is 5.97 Å². The monoisotopic (exact) mass is 378 g/mol. The Morgan fingerprint density at radius 2 is 2.04 bits per heavy atom. The highest BCUT2D eigenvalue weighted by atomic mass is 16.5. The average molecular weight is 378 g/mol. The number of hydrogen-bond donors (Lipinski definition) is 1. The lowest BCUT2D eigenvalue weighted by atomic mass is 10.1. The lowest BCUT2D eigenvalue weighted by Crippen LogP contribution is -2.28. The first-order valence-corrected chi connectivity index (χ1v) is 8.99. The summed E-state index contributed by atoms with van der Waals surface area (Å²) in [6.07, 6.45) is 3.16. The Labute approximate surface area is 163 Å². The number of carbonyl (C=O) groups is 2. The van der Waals surface area contributed by atoms with Crippen molar-refractivity contribution in [3.05, 3.63) is 60.8 Å². The Morgan fingerprint density at radius 3 is 2.71 bits per heavy atom. The zero-order valence-electron chi connectivity index (χ0n) is 15.9. The first kappa shape index (κ1) is 19.3.